The van der Waals surface area contributed by atoms with Gasteiger partial charge in [-0.05, 0) is 60.0 Å². The van der Waals surface area contributed by atoms with Gasteiger partial charge in [0, 0.05) is 29.5 Å². The van der Waals surface area contributed by atoms with Crippen molar-refractivity contribution in [3.05, 3.63) is 95.4 Å². The van der Waals surface area contributed by atoms with Gasteiger partial charge in [0.15, 0.2) is 0 Å². The van der Waals surface area contributed by atoms with Crippen LogP contribution in [-0.2, 0) is 0 Å². The summed E-state index contributed by atoms with van der Waals surface area (Å²) in [6, 6.07) is 21.6. The van der Waals surface area contributed by atoms with Crippen molar-refractivity contribution in [2.45, 2.75) is 0 Å². The van der Waals surface area contributed by atoms with Crippen LogP contribution in [0.25, 0.3) is 5.69 Å². The molecule has 0 spiro atoms. The molecular weight excluding hydrogens is 384 g/mol. The molecule has 0 fully saturated rings. The molecule has 0 saturated carbocycles. The summed E-state index contributed by atoms with van der Waals surface area (Å²) in [5, 5.41) is 10.3. The number of nitrogens with zero attached hydrogens (tertiary/aromatic N) is 1. The van der Waals surface area contributed by atoms with E-state index < -0.39 is 0 Å². The zero-order chi connectivity index (χ0) is 20.1. The summed E-state index contributed by atoms with van der Waals surface area (Å²) in [4.78, 5) is 25.4. The Morgan fingerprint density at radius 1 is 0.690 bits per heavy atom. The second kappa shape index (κ2) is 8.45. The van der Waals surface area contributed by atoms with E-state index in [-0.39, 0.29) is 11.9 Å². The van der Waals surface area contributed by atoms with E-state index in [4.69, 9.17) is 0 Å². The zero-order valence-electron chi connectivity index (χ0n) is 15.3. The number of rotatable bonds is 5. The SMILES string of the molecule is O=C(Nc1ccccc1)Nc1ccc(NC(=O)c2sccc2-n2cccc2)cc1. The molecule has 144 valence electrons. The number of anilines is 3. The molecular formula is C22H18N4O2S. The normalized spacial score (nSPS) is 10.3. The molecule has 3 N–H and O–H groups in total. The molecule has 2 heterocycles. The van der Waals surface area contributed by atoms with Crippen molar-refractivity contribution in [3.63, 3.8) is 0 Å². The monoisotopic (exact) mass is 402 g/mol. The van der Waals surface area contributed by atoms with E-state index in [9.17, 15) is 9.59 Å². The predicted octanol–water partition coefficient (Wildman–Crippen LogP) is 5.44. The van der Waals surface area contributed by atoms with Crippen LogP contribution in [0.2, 0.25) is 0 Å². The molecule has 0 aliphatic heterocycles. The highest BCUT2D eigenvalue weighted by Gasteiger charge is 2.14. The first kappa shape index (κ1) is 18.5. The Labute approximate surface area is 171 Å². The van der Waals surface area contributed by atoms with Crippen LogP contribution in [0.3, 0.4) is 0 Å². The highest BCUT2D eigenvalue weighted by molar-refractivity contribution is 7.12. The zero-order valence-corrected chi connectivity index (χ0v) is 16.1. The minimum atomic E-state index is -0.331. The Hall–Kier alpha value is -3.84. The first-order valence-corrected chi connectivity index (χ1v) is 9.82. The average Bonchev–Trinajstić information content (AvgIpc) is 3.42. The fraction of sp³-hybridized carbons (Fsp3) is 0. The lowest BCUT2D eigenvalue weighted by Crippen LogP contribution is -2.19. The van der Waals surface area contributed by atoms with Crippen LogP contribution in [0.5, 0.6) is 0 Å². The second-order valence-corrected chi connectivity index (χ2v) is 7.12. The summed E-state index contributed by atoms with van der Waals surface area (Å²) in [7, 11) is 0. The lowest BCUT2D eigenvalue weighted by molar-refractivity contribution is 0.103. The van der Waals surface area contributed by atoms with E-state index in [1.165, 1.54) is 11.3 Å². The number of para-hydroxylation sites is 1. The molecule has 0 unspecified atom stereocenters. The van der Waals surface area contributed by atoms with Gasteiger partial charge in [0.1, 0.15) is 4.88 Å². The Bertz CT molecular complexity index is 1100. The largest absolute Gasteiger partial charge is 0.323 e. The third kappa shape index (κ3) is 4.53. The Morgan fingerprint density at radius 3 is 1.93 bits per heavy atom. The third-order valence-corrected chi connectivity index (χ3v) is 5.07. The van der Waals surface area contributed by atoms with Gasteiger partial charge in [0.25, 0.3) is 5.91 Å². The summed E-state index contributed by atoms with van der Waals surface area (Å²) in [5.41, 5.74) is 2.83. The molecule has 3 amide bonds. The van der Waals surface area contributed by atoms with Crippen LogP contribution in [-0.4, -0.2) is 16.5 Å². The van der Waals surface area contributed by atoms with E-state index in [2.05, 4.69) is 16.0 Å². The summed E-state index contributed by atoms with van der Waals surface area (Å²) in [6.45, 7) is 0. The molecule has 0 bridgehead atoms. The highest BCUT2D eigenvalue weighted by Crippen LogP contribution is 2.23. The van der Waals surface area contributed by atoms with Gasteiger partial charge in [0.2, 0.25) is 0 Å². The molecule has 0 radical (unpaired) electrons. The smallest absolute Gasteiger partial charge is 0.322 e. The first-order valence-electron chi connectivity index (χ1n) is 8.94. The number of nitrogens with one attached hydrogen (secondary N) is 3. The topological polar surface area (TPSA) is 75.2 Å². The van der Waals surface area contributed by atoms with E-state index in [0.717, 1.165) is 5.69 Å². The average molecular weight is 402 g/mol. The number of benzene rings is 2. The van der Waals surface area contributed by atoms with Gasteiger partial charge in [-0.1, -0.05) is 18.2 Å². The number of carbonyl (C=O) groups is 2. The molecule has 2 aromatic carbocycles. The van der Waals surface area contributed by atoms with Crippen molar-refractivity contribution in [2.75, 3.05) is 16.0 Å². The Morgan fingerprint density at radius 2 is 1.28 bits per heavy atom. The summed E-state index contributed by atoms with van der Waals surface area (Å²) in [5.74, 6) is -0.175. The Kier molecular flexibility index (Phi) is 5.40. The predicted molar refractivity (Wildman–Crippen MR) is 117 cm³/mol. The number of thiophene rings is 1. The number of aromatic nitrogens is 1. The number of amides is 3. The second-order valence-electron chi connectivity index (χ2n) is 6.20. The summed E-state index contributed by atoms with van der Waals surface area (Å²) < 4.78 is 1.91. The van der Waals surface area contributed by atoms with Crippen LogP contribution in [0.1, 0.15) is 9.67 Å². The third-order valence-electron chi connectivity index (χ3n) is 4.17. The molecule has 0 aliphatic rings. The standard InChI is InChI=1S/C22H18N4O2S/c27-21(20-19(12-15-29-20)26-13-4-5-14-26)23-17-8-10-18(11-9-17)25-22(28)24-16-6-2-1-3-7-16/h1-15H,(H,23,27)(H2,24,25,28). The molecule has 0 atom stereocenters. The molecule has 4 rings (SSSR count). The summed E-state index contributed by atoms with van der Waals surface area (Å²) in [6.07, 6.45) is 3.81. The maximum atomic E-state index is 12.7. The van der Waals surface area contributed by atoms with Gasteiger partial charge < -0.3 is 20.5 Å². The van der Waals surface area contributed by atoms with E-state index in [0.29, 0.717) is 21.9 Å². The van der Waals surface area contributed by atoms with E-state index >= 15 is 0 Å². The maximum absolute atomic E-state index is 12.7. The van der Waals surface area contributed by atoms with Gasteiger partial charge in [-0.2, -0.15) is 0 Å². The van der Waals surface area contributed by atoms with Gasteiger partial charge in [0.05, 0.1) is 5.69 Å². The van der Waals surface area contributed by atoms with Gasteiger partial charge in [-0.15, -0.1) is 11.3 Å². The van der Waals surface area contributed by atoms with Crippen molar-refractivity contribution in [3.8, 4) is 5.69 Å². The lowest BCUT2D eigenvalue weighted by atomic mass is 10.2. The van der Waals surface area contributed by atoms with Gasteiger partial charge >= 0.3 is 6.03 Å². The van der Waals surface area contributed by atoms with Crippen LogP contribution in [0.4, 0.5) is 21.9 Å². The summed E-state index contributed by atoms with van der Waals surface area (Å²) >= 11 is 1.39. The van der Waals surface area contributed by atoms with Crippen molar-refractivity contribution in [2.24, 2.45) is 0 Å². The maximum Gasteiger partial charge on any atom is 0.323 e. The van der Waals surface area contributed by atoms with Crippen molar-refractivity contribution in [1.82, 2.24) is 4.57 Å². The molecule has 4 aromatic rings. The molecule has 0 saturated heterocycles. The van der Waals surface area contributed by atoms with Gasteiger partial charge in [-0.3, -0.25) is 4.79 Å². The fourth-order valence-corrected chi connectivity index (χ4v) is 3.60. The molecule has 2 aromatic heterocycles. The minimum Gasteiger partial charge on any atom is -0.322 e. The van der Waals surface area contributed by atoms with E-state index in [1.54, 1.807) is 24.3 Å². The quantitative estimate of drug-likeness (QED) is 0.416. The number of hydrogen-bond acceptors (Lipinski definition) is 3. The highest BCUT2D eigenvalue weighted by atomic mass is 32.1. The van der Waals surface area contributed by atoms with E-state index in [1.807, 2.05) is 70.9 Å². The minimum absolute atomic E-state index is 0.175. The number of urea groups is 1. The molecule has 6 nitrogen and oxygen atoms in total. The molecule has 29 heavy (non-hydrogen) atoms. The van der Waals surface area contributed by atoms with Crippen LogP contribution < -0.4 is 16.0 Å². The van der Waals surface area contributed by atoms with Crippen LogP contribution in [0, 0.1) is 0 Å². The van der Waals surface area contributed by atoms with Gasteiger partial charge in [-0.25, -0.2) is 4.79 Å². The van der Waals surface area contributed by atoms with Crippen molar-refractivity contribution in [1.29, 1.82) is 0 Å². The fourth-order valence-electron chi connectivity index (χ4n) is 2.81. The number of carbonyl (C=O) groups excluding carboxylic acids is 2. The molecule has 7 heteroatoms. The van der Waals surface area contributed by atoms with Crippen LogP contribution >= 0.6 is 11.3 Å². The lowest BCUT2D eigenvalue weighted by Gasteiger charge is -2.10. The van der Waals surface area contributed by atoms with Crippen LogP contribution in [0.15, 0.2) is 90.6 Å². The molecule has 0 aliphatic carbocycles. The Balaban J connectivity index is 1.38. The number of hydrogen-bond donors (Lipinski definition) is 3. The van der Waals surface area contributed by atoms with Crippen molar-refractivity contribution >= 4 is 40.3 Å². The van der Waals surface area contributed by atoms with Crippen molar-refractivity contribution < 1.29 is 9.59 Å². The first-order chi connectivity index (χ1) is 14.2.